The Morgan fingerprint density at radius 3 is 1.39 bits per heavy atom. The third-order valence-electron chi connectivity index (χ3n) is 5.76. The quantitative estimate of drug-likeness (QED) is 0.619. The van der Waals surface area contributed by atoms with Crippen LogP contribution >= 0.6 is 0 Å². The van der Waals surface area contributed by atoms with E-state index in [1.54, 1.807) is 7.05 Å². The Kier molecular flexibility index (Phi) is 2.76. The number of rotatable bonds is 0. The van der Waals surface area contributed by atoms with Gasteiger partial charge in [-0.3, -0.25) is 14.5 Å². The van der Waals surface area contributed by atoms with Crippen molar-refractivity contribution in [2.24, 2.45) is 10.8 Å². The van der Waals surface area contributed by atoms with E-state index >= 15 is 0 Å². The molecule has 3 nitrogen and oxygen atoms in total. The van der Waals surface area contributed by atoms with E-state index in [4.69, 9.17) is 0 Å². The fourth-order valence-corrected chi connectivity index (χ4v) is 4.84. The molecule has 2 saturated carbocycles. The molecule has 2 aliphatic carbocycles. The van der Waals surface area contributed by atoms with Crippen molar-refractivity contribution in [1.29, 1.82) is 0 Å². The monoisotopic (exact) mass is 249 g/mol. The third-order valence-corrected chi connectivity index (χ3v) is 5.76. The van der Waals surface area contributed by atoms with Crippen molar-refractivity contribution in [3.63, 3.8) is 0 Å². The summed E-state index contributed by atoms with van der Waals surface area (Å²) in [5.41, 5.74) is -0.644. The summed E-state index contributed by atoms with van der Waals surface area (Å²) in [5, 5.41) is 0. The number of carbonyl (C=O) groups is 2. The number of likely N-dealkylation sites (tertiary alicyclic amines) is 1. The molecule has 3 heteroatoms. The van der Waals surface area contributed by atoms with Crippen LogP contribution in [0.15, 0.2) is 0 Å². The van der Waals surface area contributed by atoms with Gasteiger partial charge in [0.15, 0.2) is 0 Å². The summed E-state index contributed by atoms with van der Waals surface area (Å²) in [5.74, 6) is 0.267. The number of fused-ring (bicyclic) bond motifs is 1. The Morgan fingerprint density at radius 1 is 0.722 bits per heavy atom. The molecular formula is C15H23NO2. The lowest BCUT2D eigenvalue weighted by Crippen LogP contribution is -2.47. The second-order valence-electron chi connectivity index (χ2n) is 6.45. The summed E-state index contributed by atoms with van der Waals surface area (Å²) in [7, 11) is 1.70. The molecule has 3 aliphatic rings. The molecule has 18 heavy (non-hydrogen) atoms. The summed E-state index contributed by atoms with van der Waals surface area (Å²) in [4.78, 5) is 26.8. The van der Waals surface area contributed by atoms with Gasteiger partial charge < -0.3 is 0 Å². The third kappa shape index (κ3) is 1.31. The number of hydrogen-bond donors (Lipinski definition) is 0. The molecule has 1 heterocycles. The van der Waals surface area contributed by atoms with Crippen LogP contribution in [0.2, 0.25) is 0 Å². The predicted molar refractivity (Wildman–Crippen MR) is 68.8 cm³/mol. The molecular weight excluding hydrogens is 226 g/mol. The minimum Gasteiger partial charge on any atom is -0.285 e. The first kappa shape index (κ1) is 12.2. The largest absolute Gasteiger partial charge is 0.285 e. The topological polar surface area (TPSA) is 37.4 Å². The number of nitrogens with zero attached hydrogens (tertiary/aromatic N) is 1. The average Bonchev–Trinajstić information content (AvgIpc) is 2.57. The number of carbonyl (C=O) groups excluding carboxylic acids is 2. The molecule has 0 aromatic carbocycles. The molecule has 3 fully saturated rings. The summed E-state index contributed by atoms with van der Waals surface area (Å²) in [6, 6.07) is 0. The summed E-state index contributed by atoms with van der Waals surface area (Å²) in [6.07, 6.45) is 10.7. The first-order valence-corrected chi connectivity index (χ1v) is 7.47. The second kappa shape index (κ2) is 4.07. The average molecular weight is 249 g/mol. The lowest BCUT2D eigenvalue weighted by atomic mass is 9.53. The molecule has 2 spiro atoms. The molecule has 1 saturated heterocycles. The van der Waals surface area contributed by atoms with Crippen LogP contribution in [0.25, 0.3) is 0 Å². The summed E-state index contributed by atoms with van der Waals surface area (Å²) < 4.78 is 0. The molecule has 0 aromatic rings. The molecule has 0 bridgehead atoms. The van der Waals surface area contributed by atoms with Crippen LogP contribution in [0.3, 0.4) is 0 Å². The van der Waals surface area contributed by atoms with Crippen molar-refractivity contribution >= 4 is 11.8 Å². The van der Waals surface area contributed by atoms with Crippen molar-refractivity contribution < 1.29 is 9.59 Å². The summed E-state index contributed by atoms with van der Waals surface area (Å²) in [6.45, 7) is 0. The maximum absolute atomic E-state index is 12.7. The van der Waals surface area contributed by atoms with E-state index in [0.717, 1.165) is 51.4 Å². The van der Waals surface area contributed by atoms with Crippen LogP contribution in [0.1, 0.15) is 64.2 Å². The van der Waals surface area contributed by atoms with Gasteiger partial charge in [0.1, 0.15) is 0 Å². The van der Waals surface area contributed by atoms with E-state index in [-0.39, 0.29) is 22.6 Å². The van der Waals surface area contributed by atoms with Crippen LogP contribution in [0, 0.1) is 10.8 Å². The van der Waals surface area contributed by atoms with Crippen molar-refractivity contribution in [1.82, 2.24) is 4.90 Å². The molecule has 0 atom stereocenters. The molecule has 0 N–H and O–H groups in total. The van der Waals surface area contributed by atoms with Gasteiger partial charge in [-0.05, 0) is 25.7 Å². The minimum atomic E-state index is -0.322. The Bertz CT molecular complexity index is 340. The van der Waals surface area contributed by atoms with E-state index in [0.29, 0.717) is 0 Å². The molecule has 3 rings (SSSR count). The van der Waals surface area contributed by atoms with E-state index in [1.165, 1.54) is 17.7 Å². The summed E-state index contributed by atoms with van der Waals surface area (Å²) >= 11 is 0. The highest BCUT2D eigenvalue weighted by Crippen LogP contribution is 2.61. The number of amides is 2. The highest BCUT2D eigenvalue weighted by molar-refractivity contribution is 6.09. The molecule has 0 aromatic heterocycles. The zero-order valence-corrected chi connectivity index (χ0v) is 11.3. The van der Waals surface area contributed by atoms with Crippen LogP contribution in [-0.2, 0) is 9.59 Å². The van der Waals surface area contributed by atoms with Gasteiger partial charge >= 0.3 is 0 Å². The van der Waals surface area contributed by atoms with Crippen molar-refractivity contribution in [3.05, 3.63) is 0 Å². The van der Waals surface area contributed by atoms with E-state index in [1.807, 2.05) is 0 Å². The number of hydrogen-bond acceptors (Lipinski definition) is 2. The van der Waals surface area contributed by atoms with Crippen molar-refractivity contribution in [2.45, 2.75) is 64.2 Å². The van der Waals surface area contributed by atoms with Crippen LogP contribution in [-0.4, -0.2) is 23.8 Å². The molecule has 2 amide bonds. The van der Waals surface area contributed by atoms with Gasteiger partial charge in [-0.2, -0.15) is 0 Å². The smallest absolute Gasteiger partial charge is 0.236 e. The molecule has 0 radical (unpaired) electrons. The van der Waals surface area contributed by atoms with Crippen molar-refractivity contribution in [3.8, 4) is 0 Å². The Morgan fingerprint density at radius 2 is 1.06 bits per heavy atom. The number of imide groups is 1. The van der Waals surface area contributed by atoms with Gasteiger partial charge in [0.2, 0.25) is 11.8 Å². The maximum Gasteiger partial charge on any atom is 0.236 e. The Labute approximate surface area is 109 Å². The van der Waals surface area contributed by atoms with Crippen LogP contribution in [0.5, 0.6) is 0 Å². The molecule has 0 unspecified atom stereocenters. The van der Waals surface area contributed by atoms with E-state index in [9.17, 15) is 9.59 Å². The maximum atomic E-state index is 12.7. The van der Waals surface area contributed by atoms with Gasteiger partial charge in [-0.25, -0.2) is 0 Å². The molecule has 100 valence electrons. The molecule has 1 aliphatic heterocycles. The van der Waals surface area contributed by atoms with Gasteiger partial charge in [0.05, 0.1) is 10.8 Å². The normalized spacial score (nSPS) is 30.4. The van der Waals surface area contributed by atoms with Crippen molar-refractivity contribution in [2.75, 3.05) is 7.05 Å². The zero-order valence-electron chi connectivity index (χ0n) is 11.3. The van der Waals surface area contributed by atoms with Gasteiger partial charge in [0.25, 0.3) is 0 Å². The second-order valence-corrected chi connectivity index (χ2v) is 6.45. The van der Waals surface area contributed by atoms with E-state index in [2.05, 4.69) is 0 Å². The highest BCUT2D eigenvalue weighted by Gasteiger charge is 2.67. The minimum absolute atomic E-state index is 0.133. The van der Waals surface area contributed by atoms with Gasteiger partial charge in [0, 0.05) is 7.05 Å². The lowest BCUT2D eigenvalue weighted by molar-refractivity contribution is -0.141. The standard InChI is InChI=1S/C15H23NO2/c1-16-12(17)14(8-4-2-5-9-14)15(13(16)18)10-6-3-7-11-15/h2-11H2,1H3. The zero-order chi connectivity index (χ0) is 12.8. The van der Waals surface area contributed by atoms with Gasteiger partial charge in [-0.1, -0.05) is 38.5 Å². The SMILES string of the molecule is CN1C(=O)C2(CCCCC2)C2(CCCCC2)C1=O. The Balaban J connectivity index is 2.07. The van der Waals surface area contributed by atoms with Crippen LogP contribution < -0.4 is 0 Å². The highest BCUT2D eigenvalue weighted by atomic mass is 16.2. The van der Waals surface area contributed by atoms with Gasteiger partial charge in [-0.15, -0.1) is 0 Å². The van der Waals surface area contributed by atoms with E-state index < -0.39 is 0 Å². The van der Waals surface area contributed by atoms with Crippen LogP contribution in [0.4, 0.5) is 0 Å². The fraction of sp³-hybridized carbons (Fsp3) is 0.867. The lowest BCUT2D eigenvalue weighted by Gasteiger charge is -2.46. The first-order chi connectivity index (χ1) is 8.64. The fourth-order valence-electron chi connectivity index (χ4n) is 4.84. The Hall–Kier alpha value is -0.860. The first-order valence-electron chi connectivity index (χ1n) is 7.47. The predicted octanol–water partition coefficient (Wildman–Crippen LogP) is 2.89.